The van der Waals surface area contributed by atoms with Crippen LogP contribution in [0.5, 0.6) is 5.75 Å². The molecular weight excluding hydrogens is 240 g/mol. The summed E-state index contributed by atoms with van der Waals surface area (Å²) in [5.74, 6) is -0.00574. The Morgan fingerprint density at radius 1 is 1.53 bits per heavy atom. The van der Waals surface area contributed by atoms with Crippen LogP contribution in [0.2, 0.25) is 5.02 Å². The fourth-order valence-corrected chi connectivity index (χ4v) is 1.56. The molecule has 17 heavy (non-hydrogen) atoms. The number of carbonyl (C=O) groups is 1. The van der Waals surface area contributed by atoms with Gasteiger partial charge >= 0.3 is 0 Å². The Hall–Kier alpha value is -1.26. The second-order valence-electron chi connectivity index (χ2n) is 4.02. The highest BCUT2D eigenvalue weighted by molar-refractivity contribution is 6.32. The van der Waals surface area contributed by atoms with Crippen LogP contribution < -0.4 is 15.8 Å². The molecule has 1 aromatic rings. The molecule has 0 aliphatic heterocycles. The summed E-state index contributed by atoms with van der Waals surface area (Å²) in [5.41, 5.74) is 5.95. The van der Waals surface area contributed by atoms with E-state index in [1.165, 1.54) is 0 Å². The van der Waals surface area contributed by atoms with Crippen molar-refractivity contribution in [2.45, 2.75) is 26.4 Å². The van der Waals surface area contributed by atoms with E-state index in [2.05, 4.69) is 19.2 Å². The molecule has 0 saturated heterocycles. The van der Waals surface area contributed by atoms with Gasteiger partial charge in [-0.15, -0.1) is 0 Å². The van der Waals surface area contributed by atoms with Gasteiger partial charge in [-0.2, -0.15) is 0 Å². The lowest BCUT2D eigenvalue weighted by Crippen LogP contribution is -2.23. The molecule has 0 radical (unpaired) electrons. The number of nitrogens with one attached hydrogen (secondary N) is 1. The Morgan fingerprint density at radius 2 is 2.24 bits per heavy atom. The number of rotatable bonds is 6. The zero-order chi connectivity index (χ0) is 12.8. The fourth-order valence-electron chi connectivity index (χ4n) is 1.31. The van der Waals surface area contributed by atoms with E-state index in [0.717, 1.165) is 5.56 Å². The number of hydrogen-bond acceptors (Lipinski definition) is 3. The van der Waals surface area contributed by atoms with Crippen LogP contribution in [0.4, 0.5) is 0 Å². The number of benzene rings is 1. The van der Waals surface area contributed by atoms with E-state index in [1.807, 2.05) is 12.1 Å². The van der Waals surface area contributed by atoms with Crippen molar-refractivity contribution in [1.82, 2.24) is 5.32 Å². The minimum atomic E-state index is -0.521. The molecule has 0 heterocycles. The molecule has 1 aromatic carbocycles. The van der Waals surface area contributed by atoms with Crippen LogP contribution in [0.25, 0.3) is 0 Å². The van der Waals surface area contributed by atoms with Crippen LogP contribution >= 0.6 is 11.6 Å². The van der Waals surface area contributed by atoms with Gasteiger partial charge < -0.3 is 15.8 Å². The highest BCUT2D eigenvalue weighted by Crippen LogP contribution is 2.28. The van der Waals surface area contributed by atoms with Crippen LogP contribution in [0.1, 0.15) is 19.4 Å². The standard InChI is InChI=1S/C12H17ClN2O2/c1-8(2)15-6-9-4-3-5-10(13)12(9)17-7-11(14)16/h3-5,8,15H,6-7H2,1-2H3,(H2,14,16). The molecule has 5 heteroatoms. The van der Waals surface area contributed by atoms with E-state index in [-0.39, 0.29) is 6.61 Å². The Labute approximate surface area is 106 Å². The van der Waals surface area contributed by atoms with Gasteiger partial charge in [0.1, 0.15) is 5.75 Å². The molecule has 0 atom stereocenters. The van der Waals surface area contributed by atoms with Crippen molar-refractivity contribution in [2.24, 2.45) is 5.73 Å². The maximum absolute atomic E-state index is 10.7. The zero-order valence-corrected chi connectivity index (χ0v) is 10.8. The van der Waals surface area contributed by atoms with Crippen LogP contribution in [0, 0.1) is 0 Å². The first kappa shape index (κ1) is 13.8. The largest absolute Gasteiger partial charge is 0.482 e. The Bertz CT molecular complexity index is 394. The smallest absolute Gasteiger partial charge is 0.255 e. The number of ether oxygens (including phenoxy) is 1. The van der Waals surface area contributed by atoms with Crippen LogP contribution in [0.15, 0.2) is 18.2 Å². The SMILES string of the molecule is CC(C)NCc1cccc(Cl)c1OCC(N)=O. The molecule has 0 fully saturated rings. The molecular formula is C12H17ClN2O2. The number of primary amides is 1. The van der Waals surface area contributed by atoms with E-state index < -0.39 is 5.91 Å². The molecule has 0 aliphatic carbocycles. The number of amides is 1. The average Bonchev–Trinajstić information content (AvgIpc) is 2.24. The third-order valence-electron chi connectivity index (χ3n) is 2.11. The quantitative estimate of drug-likeness (QED) is 0.814. The summed E-state index contributed by atoms with van der Waals surface area (Å²) < 4.78 is 5.32. The maximum Gasteiger partial charge on any atom is 0.255 e. The average molecular weight is 257 g/mol. The van der Waals surface area contributed by atoms with Gasteiger partial charge in [0.15, 0.2) is 6.61 Å². The van der Waals surface area contributed by atoms with Crippen molar-refractivity contribution < 1.29 is 9.53 Å². The first-order valence-electron chi connectivity index (χ1n) is 5.42. The minimum Gasteiger partial charge on any atom is -0.482 e. The lowest BCUT2D eigenvalue weighted by atomic mass is 10.2. The molecule has 3 N–H and O–H groups in total. The highest BCUT2D eigenvalue weighted by atomic mass is 35.5. The van der Waals surface area contributed by atoms with Gasteiger partial charge in [-0.25, -0.2) is 0 Å². The Balaban J connectivity index is 2.80. The van der Waals surface area contributed by atoms with Gasteiger partial charge in [0.25, 0.3) is 5.91 Å². The van der Waals surface area contributed by atoms with Crippen molar-refractivity contribution in [3.05, 3.63) is 28.8 Å². The van der Waals surface area contributed by atoms with Crippen molar-refractivity contribution in [3.63, 3.8) is 0 Å². The Kier molecular flexibility index (Phi) is 5.25. The van der Waals surface area contributed by atoms with E-state index in [1.54, 1.807) is 6.07 Å². The maximum atomic E-state index is 10.7. The molecule has 1 rings (SSSR count). The lowest BCUT2D eigenvalue weighted by Gasteiger charge is -2.14. The number of para-hydroxylation sites is 1. The van der Waals surface area contributed by atoms with Crippen LogP contribution in [0.3, 0.4) is 0 Å². The van der Waals surface area contributed by atoms with E-state index >= 15 is 0 Å². The predicted octanol–water partition coefficient (Wildman–Crippen LogP) is 1.70. The molecule has 0 bridgehead atoms. The fraction of sp³-hybridized carbons (Fsp3) is 0.417. The van der Waals surface area contributed by atoms with Crippen molar-refractivity contribution >= 4 is 17.5 Å². The van der Waals surface area contributed by atoms with Gasteiger partial charge in [0, 0.05) is 18.2 Å². The molecule has 0 unspecified atom stereocenters. The predicted molar refractivity (Wildman–Crippen MR) is 68.1 cm³/mol. The highest BCUT2D eigenvalue weighted by Gasteiger charge is 2.09. The minimum absolute atomic E-state index is 0.168. The first-order valence-corrected chi connectivity index (χ1v) is 5.80. The van der Waals surface area contributed by atoms with Gasteiger partial charge in [0.2, 0.25) is 0 Å². The third-order valence-corrected chi connectivity index (χ3v) is 2.41. The summed E-state index contributed by atoms with van der Waals surface area (Å²) in [6.45, 7) is 4.56. The Morgan fingerprint density at radius 3 is 2.82 bits per heavy atom. The van der Waals surface area contributed by atoms with Crippen LogP contribution in [-0.4, -0.2) is 18.6 Å². The summed E-state index contributed by atoms with van der Waals surface area (Å²) in [7, 11) is 0. The van der Waals surface area contributed by atoms with Gasteiger partial charge in [-0.05, 0) is 6.07 Å². The van der Waals surface area contributed by atoms with Gasteiger partial charge in [-0.1, -0.05) is 37.6 Å². The molecule has 4 nitrogen and oxygen atoms in total. The van der Waals surface area contributed by atoms with E-state index in [4.69, 9.17) is 22.1 Å². The first-order chi connectivity index (χ1) is 8.00. The number of hydrogen-bond donors (Lipinski definition) is 2. The summed E-state index contributed by atoms with van der Waals surface area (Å²) in [5, 5.41) is 3.74. The van der Waals surface area contributed by atoms with E-state index in [9.17, 15) is 4.79 Å². The summed E-state index contributed by atoms with van der Waals surface area (Å²) in [6.07, 6.45) is 0. The third kappa shape index (κ3) is 4.63. The van der Waals surface area contributed by atoms with Crippen LogP contribution in [-0.2, 0) is 11.3 Å². The molecule has 0 spiro atoms. The molecule has 0 saturated carbocycles. The van der Waals surface area contributed by atoms with Crippen molar-refractivity contribution in [1.29, 1.82) is 0 Å². The molecule has 94 valence electrons. The van der Waals surface area contributed by atoms with Crippen molar-refractivity contribution in [3.8, 4) is 5.75 Å². The van der Waals surface area contributed by atoms with Gasteiger partial charge in [0.05, 0.1) is 5.02 Å². The second-order valence-corrected chi connectivity index (χ2v) is 4.43. The normalized spacial score (nSPS) is 10.6. The van der Waals surface area contributed by atoms with Gasteiger partial charge in [-0.3, -0.25) is 4.79 Å². The number of nitrogens with two attached hydrogens (primary N) is 1. The summed E-state index contributed by atoms with van der Waals surface area (Å²) >= 11 is 6.02. The second kappa shape index (κ2) is 6.47. The number of halogens is 1. The van der Waals surface area contributed by atoms with Crippen molar-refractivity contribution in [2.75, 3.05) is 6.61 Å². The van der Waals surface area contributed by atoms with E-state index in [0.29, 0.717) is 23.4 Å². The molecule has 1 amide bonds. The summed E-state index contributed by atoms with van der Waals surface area (Å²) in [4.78, 5) is 10.7. The number of carbonyl (C=O) groups excluding carboxylic acids is 1. The molecule has 0 aromatic heterocycles. The zero-order valence-electron chi connectivity index (χ0n) is 10.00. The molecule has 0 aliphatic rings. The lowest BCUT2D eigenvalue weighted by molar-refractivity contribution is -0.119. The monoisotopic (exact) mass is 256 g/mol. The summed E-state index contributed by atoms with van der Waals surface area (Å²) in [6, 6.07) is 5.82. The topological polar surface area (TPSA) is 64.3 Å².